The number of hydrogen-bond donors (Lipinski definition) is 1. The lowest BCUT2D eigenvalue weighted by molar-refractivity contribution is -0.125. The molecule has 2 heterocycles. The van der Waals surface area contributed by atoms with Crippen LogP contribution < -0.4 is 10.2 Å². The number of amides is 1. The minimum absolute atomic E-state index is 0.0496. The number of hydrogen-bond acceptors (Lipinski definition) is 4. The van der Waals surface area contributed by atoms with Crippen LogP contribution >= 0.6 is 11.3 Å². The van der Waals surface area contributed by atoms with E-state index in [1.54, 1.807) is 23.5 Å². The van der Waals surface area contributed by atoms with Gasteiger partial charge >= 0.3 is 0 Å². The monoisotopic (exact) mass is 383 g/mol. The third-order valence-electron chi connectivity index (χ3n) is 5.00. The number of aromatic nitrogens is 1. The fraction of sp³-hybridized carbons (Fsp3) is 0.333. The highest BCUT2D eigenvalue weighted by molar-refractivity contribution is 7.22. The number of benzene rings is 2. The van der Waals surface area contributed by atoms with Gasteiger partial charge in [0.1, 0.15) is 5.82 Å². The number of carbonyl (C=O) groups excluding carboxylic acids is 1. The Morgan fingerprint density at radius 2 is 2.04 bits per heavy atom. The second kappa shape index (κ2) is 8.05. The number of nitrogens with zero attached hydrogens (tertiary/aromatic N) is 2. The number of halogens is 1. The Labute approximate surface area is 162 Å². The molecule has 0 unspecified atom stereocenters. The molecule has 1 aromatic heterocycles. The van der Waals surface area contributed by atoms with E-state index in [0.29, 0.717) is 25.1 Å². The molecule has 6 heteroatoms. The van der Waals surface area contributed by atoms with Gasteiger partial charge < -0.3 is 10.2 Å². The van der Waals surface area contributed by atoms with Gasteiger partial charge in [0.2, 0.25) is 5.91 Å². The van der Waals surface area contributed by atoms with Gasteiger partial charge in [-0.25, -0.2) is 9.37 Å². The van der Waals surface area contributed by atoms with Crippen molar-refractivity contribution in [3.63, 3.8) is 0 Å². The summed E-state index contributed by atoms with van der Waals surface area (Å²) in [4.78, 5) is 19.5. The summed E-state index contributed by atoms with van der Waals surface area (Å²) in [5.74, 6) is -0.213. The maximum atomic E-state index is 13.7. The van der Waals surface area contributed by atoms with E-state index in [0.717, 1.165) is 30.0 Å². The number of para-hydroxylation sites is 1. The highest BCUT2D eigenvalue weighted by Gasteiger charge is 2.27. The summed E-state index contributed by atoms with van der Waals surface area (Å²) in [6.45, 7) is 2.07. The van der Waals surface area contributed by atoms with Crippen LogP contribution in [-0.4, -0.2) is 30.5 Å². The molecule has 0 bridgehead atoms. The SMILES string of the molecule is O=C(NCCc1ccccc1F)[C@H]1CCCN(c2nc3ccccc3s2)C1. The van der Waals surface area contributed by atoms with Crippen LogP contribution in [-0.2, 0) is 11.2 Å². The van der Waals surface area contributed by atoms with Gasteiger partial charge in [-0.05, 0) is 43.0 Å². The Morgan fingerprint density at radius 1 is 1.22 bits per heavy atom. The lowest BCUT2D eigenvalue weighted by Crippen LogP contribution is -2.43. The summed E-state index contributed by atoms with van der Waals surface area (Å²) in [5, 5.41) is 3.96. The van der Waals surface area contributed by atoms with Crippen LogP contribution in [0.2, 0.25) is 0 Å². The maximum Gasteiger partial charge on any atom is 0.224 e. The highest BCUT2D eigenvalue weighted by Crippen LogP contribution is 2.31. The molecule has 0 aliphatic carbocycles. The summed E-state index contributed by atoms with van der Waals surface area (Å²) >= 11 is 1.68. The smallest absolute Gasteiger partial charge is 0.224 e. The molecule has 4 rings (SSSR count). The van der Waals surface area contributed by atoms with Crippen LogP contribution in [0.15, 0.2) is 48.5 Å². The van der Waals surface area contributed by atoms with Crippen molar-refractivity contribution in [2.45, 2.75) is 19.3 Å². The molecule has 140 valence electrons. The number of carbonyl (C=O) groups is 1. The zero-order valence-corrected chi connectivity index (χ0v) is 15.8. The van der Waals surface area contributed by atoms with Gasteiger partial charge in [0.25, 0.3) is 0 Å². The Bertz CT molecular complexity index is 909. The third kappa shape index (κ3) is 4.11. The van der Waals surface area contributed by atoms with E-state index in [4.69, 9.17) is 4.98 Å². The summed E-state index contributed by atoms with van der Waals surface area (Å²) in [7, 11) is 0. The fourth-order valence-electron chi connectivity index (χ4n) is 3.53. The van der Waals surface area contributed by atoms with Crippen LogP contribution in [0.3, 0.4) is 0 Å². The summed E-state index contributed by atoms with van der Waals surface area (Å²) in [5.41, 5.74) is 1.64. The second-order valence-corrected chi connectivity index (χ2v) is 7.89. The molecule has 1 saturated heterocycles. The average Bonchev–Trinajstić information content (AvgIpc) is 3.14. The number of nitrogens with one attached hydrogen (secondary N) is 1. The van der Waals surface area contributed by atoms with Crippen molar-refractivity contribution >= 4 is 32.6 Å². The molecular formula is C21H22FN3OS. The van der Waals surface area contributed by atoms with E-state index >= 15 is 0 Å². The van der Waals surface area contributed by atoms with E-state index < -0.39 is 0 Å². The highest BCUT2D eigenvalue weighted by atomic mass is 32.1. The van der Waals surface area contributed by atoms with Crippen molar-refractivity contribution in [2.75, 3.05) is 24.5 Å². The lowest BCUT2D eigenvalue weighted by atomic mass is 9.97. The minimum atomic E-state index is -0.216. The Morgan fingerprint density at radius 3 is 2.89 bits per heavy atom. The lowest BCUT2D eigenvalue weighted by Gasteiger charge is -2.31. The van der Waals surface area contributed by atoms with Crippen LogP contribution in [0, 0.1) is 11.7 Å². The van der Waals surface area contributed by atoms with E-state index in [-0.39, 0.29) is 17.6 Å². The van der Waals surface area contributed by atoms with Gasteiger partial charge in [0, 0.05) is 19.6 Å². The second-order valence-electron chi connectivity index (χ2n) is 6.88. The number of anilines is 1. The van der Waals surface area contributed by atoms with Gasteiger partial charge in [-0.2, -0.15) is 0 Å². The number of fused-ring (bicyclic) bond motifs is 1. The predicted octanol–water partition coefficient (Wildman–Crippen LogP) is 4.01. The third-order valence-corrected chi connectivity index (χ3v) is 6.09. The largest absolute Gasteiger partial charge is 0.355 e. The van der Waals surface area contributed by atoms with Crippen LogP contribution in [0.4, 0.5) is 9.52 Å². The molecule has 1 aliphatic rings. The van der Waals surface area contributed by atoms with E-state index in [9.17, 15) is 9.18 Å². The van der Waals surface area contributed by atoms with Crippen LogP contribution in [0.1, 0.15) is 18.4 Å². The zero-order chi connectivity index (χ0) is 18.6. The Balaban J connectivity index is 1.34. The molecule has 0 saturated carbocycles. The molecule has 1 amide bonds. The van der Waals surface area contributed by atoms with Crippen LogP contribution in [0.5, 0.6) is 0 Å². The van der Waals surface area contributed by atoms with E-state index in [2.05, 4.69) is 16.3 Å². The molecule has 4 nitrogen and oxygen atoms in total. The minimum Gasteiger partial charge on any atom is -0.355 e. The van der Waals surface area contributed by atoms with Gasteiger partial charge in [-0.3, -0.25) is 4.79 Å². The first-order valence-corrected chi connectivity index (χ1v) is 10.1. The molecule has 1 N–H and O–H groups in total. The molecule has 3 aromatic rings. The molecule has 1 fully saturated rings. The Kier molecular flexibility index (Phi) is 5.34. The summed E-state index contributed by atoms with van der Waals surface area (Å²) < 4.78 is 14.8. The molecule has 2 aromatic carbocycles. The summed E-state index contributed by atoms with van der Waals surface area (Å²) in [6, 6.07) is 14.8. The van der Waals surface area contributed by atoms with E-state index in [1.807, 2.05) is 24.3 Å². The van der Waals surface area contributed by atoms with Crippen molar-refractivity contribution in [3.05, 3.63) is 59.9 Å². The van der Waals surface area contributed by atoms with Crippen molar-refractivity contribution < 1.29 is 9.18 Å². The Hall–Kier alpha value is -2.47. The first-order chi connectivity index (χ1) is 13.2. The molecule has 1 atom stereocenters. The number of piperidine rings is 1. The topological polar surface area (TPSA) is 45.2 Å². The van der Waals surface area contributed by atoms with Crippen LogP contribution in [0.25, 0.3) is 10.2 Å². The number of rotatable bonds is 5. The van der Waals surface area contributed by atoms with Crippen molar-refractivity contribution in [3.8, 4) is 0 Å². The summed E-state index contributed by atoms with van der Waals surface area (Å²) in [6.07, 6.45) is 2.36. The quantitative estimate of drug-likeness (QED) is 0.724. The molecular weight excluding hydrogens is 361 g/mol. The predicted molar refractivity (Wildman–Crippen MR) is 108 cm³/mol. The van der Waals surface area contributed by atoms with Gasteiger partial charge in [0.15, 0.2) is 5.13 Å². The molecule has 0 spiro atoms. The van der Waals surface area contributed by atoms with Gasteiger partial charge in [0.05, 0.1) is 16.1 Å². The van der Waals surface area contributed by atoms with Crippen molar-refractivity contribution in [2.24, 2.45) is 5.92 Å². The average molecular weight is 383 g/mol. The number of thiazole rings is 1. The first-order valence-electron chi connectivity index (χ1n) is 9.32. The van der Waals surface area contributed by atoms with E-state index in [1.165, 1.54) is 10.8 Å². The standard InChI is InChI=1S/C21H22FN3OS/c22-17-8-2-1-6-15(17)11-12-23-20(26)16-7-5-13-25(14-16)21-24-18-9-3-4-10-19(18)27-21/h1-4,6,8-10,16H,5,7,11-14H2,(H,23,26)/t16-/m0/s1. The van der Waals surface area contributed by atoms with Gasteiger partial charge in [-0.15, -0.1) is 0 Å². The van der Waals surface area contributed by atoms with Gasteiger partial charge in [-0.1, -0.05) is 41.7 Å². The van der Waals surface area contributed by atoms with Crippen molar-refractivity contribution in [1.82, 2.24) is 10.3 Å². The first kappa shape index (κ1) is 17.9. The molecule has 1 aliphatic heterocycles. The fourth-order valence-corrected chi connectivity index (χ4v) is 4.53. The van der Waals surface area contributed by atoms with Crippen molar-refractivity contribution in [1.29, 1.82) is 0 Å². The maximum absolute atomic E-state index is 13.7. The zero-order valence-electron chi connectivity index (χ0n) is 15.0. The normalized spacial score (nSPS) is 17.2. The molecule has 0 radical (unpaired) electrons. The molecule has 27 heavy (non-hydrogen) atoms.